The summed E-state index contributed by atoms with van der Waals surface area (Å²) in [7, 11) is -2.75. The molecule has 2 unspecified atom stereocenters. The Morgan fingerprint density at radius 1 is 1.27 bits per heavy atom. The quantitative estimate of drug-likeness (QED) is 0.731. The van der Waals surface area contributed by atoms with Crippen molar-refractivity contribution in [1.29, 1.82) is 0 Å². The lowest BCUT2D eigenvalue weighted by atomic mass is 9.86. The average Bonchev–Trinajstić information content (AvgIpc) is 2.21. The molecular weight excluding hydrogens is 276 g/mol. The highest BCUT2D eigenvalue weighted by Crippen LogP contribution is 2.32. The Morgan fingerprint density at radius 2 is 1.93 bits per heavy atom. The molecule has 2 nitrogen and oxygen atoms in total. The highest BCUT2D eigenvalue weighted by Gasteiger charge is 2.22. The molecule has 0 radical (unpaired) electrons. The molecule has 2 atom stereocenters. The van der Waals surface area contributed by atoms with Gasteiger partial charge in [-0.15, -0.1) is 0 Å². The minimum atomic E-state index is -2.75. The third-order valence-corrected chi connectivity index (χ3v) is 6.28. The summed E-state index contributed by atoms with van der Waals surface area (Å²) < 4.78 is 22.6. The van der Waals surface area contributed by atoms with Crippen LogP contribution in [-0.2, 0) is 9.84 Å². The van der Waals surface area contributed by atoms with Crippen molar-refractivity contribution in [2.75, 3.05) is 11.5 Å². The summed E-state index contributed by atoms with van der Waals surface area (Å²) in [4.78, 5) is 0.621. The first-order chi connectivity index (χ1) is 7.05. The summed E-state index contributed by atoms with van der Waals surface area (Å²) in [6.45, 7) is 1.73. The van der Waals surface area contributed by atoms with Crippen molar-refractivity contribution in [1.82, 2.24) is 0 Å². The molecule has 0 spiro atoms. The zero-order chi connectivity index (χ0) is 11.3. The van der Waals surface area contributed by atoms with E-state index in [9.17, 15) is 8.42 Å². The summed E-state index contributed by atoms with van der Waals surface area (Å²) in [5, 5.41) is 0. The number of rotatable bonds is 5. The number of sulfone groups is 1. The van der Waals surface area contributed by atoms with Gasteiger partial charge in [0.1, 0.15) is 9.84 Å². The van der Waals surface area contributed by atoms with Gasteiger partial charge >= 0.3 is 0 Å². The van der Waals surface area contributed by atoms with E-state index in [4.69, 9.17) is 0 Å². The van der Waals surface area contributed by atoms with Gasteiger partial charge in [-0.1, -0.05) is 35.7 Å². The molecule has 0 aromatic heterocycles. The fourth-order valence-corrected chi connectivity index (χ4v) is 3.94. The van der Waals surface area contributed by atoms with Crippen molar-refractivity contribution >= 4 is 25.8 Å². The predicted molar refractivity (Wildman–Crippen MR) is 68.2 cm³/mol. The second-order valence-electron chi connectivity index (χ2n) is 4.44. The van der Waals surface area contributed by atoms with Crippen LogP contribution in [0, 0.1) is 5.92 Å². The zero-order valence-electron chi connectivity index (χ0n) is 9.41. The summed E-state index contributed by atoms with van der Waals surface area (Å²) in [6.07, 6.45) is 7.05. The van der Waals surface area contributed by atoms with E-state index in [1.807, 2.05) is 0 Å². The second kappa shape index (κ2) is 6.24. The topological polar surface area (TPSA) is 34.1 Å². The van der Waals surface area contributed by atoms with Crippen molar-refractivity contribution in [2.45, 2.75) is 50.3 Å². The van der Waals surface area contributed by atoms with Crippen LogP contribution in [0.1, 0.15) is 45.4 Å². The highest BCUT2D eigenvalue weighted by molar-refractivity contribution is 9.09. The molecule has 0 amide bonds. The molecule has 90 valence electrons. The Kier molecular flexibility index (Phi) is 5.61. The molecule has 1 aliphatic rings. The van der Waals surface area contributed by atoms with E-state index in [0.29, 0.717) is 16.5 Å². The molecule has 15 heavy (non-hydrogen) atoms. The molecule has 1 aliphatic carbocycles. The van der Waals surface area contributed by atoms with Crippen LogP contribution < -0.4 is 0 Å². The number of hydrogen-bond donors (Lipinski definition) is 0. The summed E-state index contributed by atoms with van der Waals surface area (Å²) in [6, 6.07) is 0. The van der Waals surface area contributed by atoms with E-state index in [1.54, 1.807) is 6.92 Å². The van der Waals surface area contributed by atoms with Crippen molar-refractivity contribution in [3.05, 3.63) is 0 Å². The normalized spacial score (nSPS) is 27.9. The van der Waals surface area contributed by atoms with Crippen LogP contribution in [0.2, 0.25) is 0 Å². The third-order valence-electron chi connectivity index (χ3n) is 3.29. The summed E-state index contributed by atoms with van der Waals surface area (Å²) >= 11 is 3.70. The van der Waals surface area contributed by atoms with Crippen LogP contribution in [0.4, 0.5) is 0 Å². The maximum absolute atomic E-state index is 11.3. The molecule has 0 aromatic rings. The van der Waals surface area contributed by atoms with Gasteiger partial charge in [-0.25, -0.2) is 8.42 Å². The van der Waals surface area contributed by atoms with Crippen LogP contribution in [0.25, 0.3) is 0 Å². The van der Waals surface area contributed by atoms with Gasteiger partial charge in [0.05, 0.1) is 5.75 Å². The average molecular weight is 297 g/mol. The van der Waals surface area contributed by atoms with Crippen molar-refractivity contribution in [3.63, 3.8) is 0 Å². The van der Waals surface area contributed by atoms with Crippen molar-refractivity contribution in [3.8, 4) is 0 Å². The van der Waals surface area contributed by atoms with Gasteiger partial charge < -0.3 is 0 Å². The Balaban J connectivity index is 2.25. The van der Waals surface area contributed by atoms with Crippen molar-refractivity contribution in [2.24, 2.45) is 5.92 Å². The molecule has 0 N–H and O–H groups in total. The van der Waals surface area contributed by atoms with Crippen LogP contribution >= 0.6 is 15.9 Å². The van der Waals surface area contributed by atoms with Gasteiger partial charge in [-0.3, -0.25) is 0 Å². The van der Waals surface area contributed by atoms with E-state index in [1.165, 1.54) is 25.7 Å². The van der Waals surface area contributed by atoms with Crippen LogP contribution in [0.15, 0.2) is 0 Å². The molecule has 0 aromatic carbocycles. The minimum absolute atomic E-state index is 0.287. The zero-order valence-corrected chi connectivity index (χ0v) is 11.8. The fraction of sp³-hybridized carbons (Fsp3) is 1.00. The molecule has 0 saturated heterocycles. The third kappa shape index (κ3) is 4.85. The maximum atomic E-state index is 11.3. The Morgan fingerprint density at radius 3 is 2.53 bits per heavy atom. The van der Waals surface area contributed by atoms with E-state index >= 15 is 0 Å². The maximum Gasteiger partial charge on any atom is 0.150 e. The fourth-order valence-electron chi connectivity index (χ4n) is 2.20. The largest absolute Gasteiger partial charge is 0.229 e. The summed E-state index contributed by atoms with van der Waals surface area (Å²) in [5.74, 6) is 1.36. The number of hydrogen-bond acceptors (Lipinski definition) is 2. The smallest absolute Gasteiger partial charge is 0.150 e. The standard InChI is InChI=1S/C11H21BrO2S/c1-2-15(13,14)9-5-7-10-6-3-4-8-11(10)12/h10-11H,2-9H2,1H3. The minimum Gasteiger partial charge on any atom is -0.229 e. The van der Waals surface area contributed by atoms with E-state index in [0.717, 1.165) is 12.8 Å². The molecule has 1 rings (SSSR count). The first-order valence-corrected chi connectivity index (χ1v) is 8.63. The van der Waals surface area contributed by atoms with Gasteiger partial charge in [0.2, 0.25) is 0 Å². The van der Waals surface area contributed by atoms with Gasteiger partial charge in [0.25, 0.3) is 0 Å². The molecule has 4 heteroatoms. The van der Waals surface area contributed by atoms with Crippen LogP contribution in [0.3, 0.4) is 0 Å². The SMILES string of the molecule is CCS(=O)(=O)CCCC1CCCCC1Br. The molecule has 0 heterocycles. The lowest BCUT2D eigenvalue weighted by molar-refractivity contribution is 0.352. The van der Waals surface area contributed by atoms with E-state index in [-0.39, 0.29) is 5.75 Å². The van der Waals surface area contributed by atoms with Crippen LogP contribution in [0.5, 0.6) is 0 Å². The molecular formula is C11H21BrO2S. The molecule has 1 saturated carbocycles. The Hall–Kier alpha value is 0.430. The molecule has 0 aliphatic heterocycles. The first kappa shape index (κ1) is 13.5. The van der Waals surface area contributed by atoms with Gasteiger partial charge in [-0.05, 0) is 31.6 Å². The number of halogens is 1. The van der Waals surface area contributed by atoms with Gasteiger partial charge in [-0.2, -0.15) is 0 Å². The molecule has 1 fully saturated rings. The first-order valence-electron chi connectivity index (χ1n) is 5.89. The monoisotopic (exact) mass is 296 g/mol. The van der Waals surface area contributed by atoms with Crippen molar-refractivity contribution < 1.29 is 8.42 Å². The second-order valence-corrected chi connectivity index (χ2v) is 8.09. The van der Waals surface area contributed by atoms with Gasteiger partial charge in [0, 0.05) is 10.6 Å². The Labute approximate surface area is 102 Å². The lowest BCUT2D eigenvalue weighted by Gasteiger charge is -2.27. The lowest BCUT2D eigenvalue weighted by Crippen LogP contribution is -2.20. The molecule has 0 bridgehead atoms. The van der Waals surface area contributed by atoms with E-state index in [2.05, 4.69) is 15.9 Å². The van der Waals surface area contributed by atoms with E-state index < -0.39 is 9.84 Å². The Bertz CT molecular complexity index is 274. The summed E-state index contributed by atoms with van der Waals surface area (Å²) in [5.41, 5.74) is 0. The van der Waals surface area contributed by atoms with Gasteiger partial charge in [0.15, 0.2) is 0 Å². The number of alkyl halides is 1. The highest BCUT2D eigenvalue weighted by atomic mass is 79.9. The predicted octanol–water partition coefficient (Wildman–Crippen LogP) is 3.16. The van der Waals surface area contributed by atoms with Crippen LogP contribution in [-0.4, -0.2) is 24.8 Å².